The third kappa shape index (κ3) is 3.59. The van der Waals surface area contributed by atoms with E-state index in [9.17, 15) is 9.90 Å². The van der Waals surface area contributed by atoms with Crippen molar-refractivity contribution >= 4 is 17.5 Å². The number of aliphatic hydroxyl groups is 1. The van der Waals surface area contributed by atoms with Gasteiger partial charge in [0.15, 0.2) is 5.76 Å². The summed E-state index contributed by atoms with van der Waals surface area (Å²) in [5, 5.41) is 16.2. The molecule has 2 saturated heterocycles. The number of amides is 1. The fourth-order valence-electron chi connectivity index (χ4n) is 4.97. The first-order chi connectivity index (χ1) is 15.0. The quantitative estimate of drug-likeness (QED) is 0.652. The molecule has 3 aromatic heterocycles. The Morgan fingerprint density at radius 3 is 2.77 bits per heavy atom. The molecular formula is C22H23ClN4O4. The second kappa shape index (κ2) is 7.69. The van der Waals surface area contributed by atoms with Crippen LogP contribution in [0.2, 0.25) is 5.02 Å². The summed E-state index contributed by atoms with van der Waals surface area (Å²) in [6.07, 6.45) is 7.48. The first-order valence-corrected chi connectivity index (χ1v) is 10.7. The van der Waals surface area contributed by atoms with Crippen LogP contribution in [0.4, 0.5) is 0 Å². The van der Waals surface area contributed by atoms with Gasteiger partial charge in [0.2, 0.25) is 5.88 Å². The van der Waals surface area contributed by atoms with E-state index < -0.39 is 5.60 Å². The van der Waals surface area contributed by atoms with Gasteiger partial charge < -0.3 is 19.2 Å². The van der Waals surface area contributed by atoms with Gasteiger partial charge in [-0.3, -0.25) is 9.48 Å². The Morgan fingerprint density at radius 1 is 1.32 bits per heavy atom. The zero-order chi connectivity index (χ0) is 21.6. The highest BCUT2D eigenvalue weighted by Crippen LogP contribution is 2.47. The summed E-state index contributed by atoms with van der Waals surface area (Å²) >= 11 is 5.90. The van der Waals surface area contributed by atoms with Crippen LogP contribution >= 0.6 is 11.6 Å². The summed E-state index contributed by atoms with van der Waals surface area (Å²) in [6, 6.07) is 6.99. The highest BCUT2D eigenvalue weighted by Gasteiger charge is 2.51. The number of piperidine rings is 1. The summed E-state index contributed by atoms with van der Waals surface area (Å²) < 4.78 is 12.8. The molecule has 2 aliphatic rings. The van der Waals surface area contributed by atoms with E-state index in [0.717, 1.165) is 12.8 Å². The largest absolute Gasteiger partial charge is 0.481 e. The predicted molar refractivity (Wildman–Crippen MR) is 112 cm³/mol. The van der Waals surface area contributed by atoms with Crippen LogP contribution in [0.5, 0.6) is 5.88 Å². The second-order valence-electron chi connectivity index (χ2n) is 8.22. The predicted octanol–water partition coefficient (Wildman–Crippen LogP) is 3.24. The third-order valence-electron chi connectivity index (χ3n) is 6.26. The molecule has 1 N–H and O–H groups in total. The zero-order valence-electron chi connectivity index (χ0n) is 17.1. The highest BCUT2D eigenvalue weighted by molar-refractivity contribution is 6.30. The van der Waals surface area contributed by atoms with Gasteiger partial charge in [-0.1, -0.05) is 11.6 Å². The normalized spacial score (nSPS) is 25.1. The Morgan fingerprint density at radius 2 is 2.10 bits per heavy atom. The van der Waals surface area contributed by atoms with Crippen LogP contribution in [0.1, 0.15) is 47.6 Å². The Hall–Kier alpha value is -2.84. The van der Waals surface area contributed by atoms with Gasteiger partial charge in [-0.2, -0.15) is 5.10 Å². The molecule has 0 radical (unpaired) electrons. The number of halogens is 1. The third-order valence-corrected chi connectivity index (χ3v) is 6.45. The lowest BCUT2D eigenvalue weighted by Gasteiger charge is -2.43. The Bertz CT molecular complexity index is 1100. The van der Waals surface area contributed by atoms with Gasteiger partial charge in [0.25, 0.3) is 5.91 Å². The lowest BCUT2D eigenvalue weighted by Crippen LogP contribution is -2.52. The van der Waals surface area contributed by atoms with Gasteiger partial charge in [-0.05, 0) is 37.1 Å². The van der Waals surface area contributed by atoms with Crippen molar-refractivity contribution in [1.29, 1.82) is 0 Å². The fraction of sp³-hybridized carbons (Fsp3) is 0.409. The molecule has 162 valence electrons. The van der Waals surface area contributed by atoms with E-state index in [-0.39, 0.29) is 18.0 Å². The fourth-order valence-corrected chi connectivity index (χ4v) is 5.13. The van der Waals surface area contributed by atoms with Crippen molar-refractivity contribution in [1.82, 2.24) is 19.7 Å². The number of fused-ring (bicyclic) bond motifs is 2. The minimum Gasteiger partial charge on any atom is -0.481 e. The number of methoxy groups -OCH3 is 1. The molecule has 2 aliphatic heterocycles. The van der Waals surface area contributed by atoms with Crippen LogP contribution in [0.3, 0.4) is 0 Å². The van der Waals surface area contributed by atoms with Crippen LogP contribution in [0.15, 0.2) is 47.3 Å². The Labute approximate surface area is 184 Å². The molecule has 0 spiro atoms. The number of aromatic nitrogens is 3. The van der Waals surface area contributed by atoms with Gasteiger partial charge in [0.05, 0.1) is 30.5 Å². The Balaban J connectivity index is 1.34. The van der Waals surface area contributed by atoms with Gasteiger partial charge in [0, 0.05) is 42.9 Å². The lowest BCUT2D eigenvalue weighted by molar-refractivity contribution is -0.0501. The van der Waals surface area contributed by atoms with Crippen LogP contribution in [0, 0.1) is 0 Å². The van der Waals surface area contributed by atoms with Crippen LogP contribution in [-0.4, -0.2) is 49.9 Å². The van der Waals surface area contributed by atoms with E-state index in [2.05, 4.69) is 10.1 Å². The number of carbonyl (C=O) groups excluding carboxylic acids is 1. The van der Waals surface area contributed by atoms with Crippen LogP contribution in [0.25, 0.3) is 0 Å². The van der Waals surface area contributed by atoms with Crippen molar-refractivity contribution in [3.8, 4) is 5.88 Å². The summed E-state index contributed by atoms with van der Waals surface area (Å²) in [7, 11) is 1.55. The summed E-state index contributed by atoms with van der Waals surface area (Å²) in [4.78, 5) is 19.4. The second-order valence-corrected chi connectivity index (χ2v) is 8.66. The average molecular weight is 443 g/mol. The van der Waals surface area contributed by atoms with E-state index >= 15 is 0 Å². The van der Waals surface area contributed by atoms with Crippen molar-refractivity contribution in [3.63, 3.8) is 0 Å². The molecule has 2 unspecified atom stereocenters. The van der Waals surface area contributed by atoms with Gasteiger partial charge in [-0.15, -0.1) is 0 Å². The van der Waals surface area contributed by atoms with E-state index in [1.54, 1.807) is 48.6 Å². The maximum absolute atomic E-state index is 13.3. The number of pyridine rings is 1. The maximum atomic E-state index is 13.3. The monoisotopic (exact) mass is 442 g/mol. The summed E-state index contributed by atoms with van der Waals surface area (Å²) in [6.45, 7) is 0.396. The van der Waals surface area contributed by atoms with E-state index in [1.807, 2.05) is 11.0 Å². The maximum Gasteiger partial charge on any atom is 0.290 e. The zero-order valence-corrected chi connectivity index (χ0v) is 17.8. The SMILES string of the molecule is COc1ncccc1C1(O)CC2CCC(C1)N2C(=O)c1ccc(Cn2cc(Cl)cn2)o1. The number of ether oxygens (including phenoxy) is 1. The summed E-state index contributed by atoms with van der Waals surface area (Å²) in [5.41, 5.74) is -0.393. The lowest BCUT2D eigenvalue weighted by atomic mass is 9.80. The van der Waals surface area contributed by atoms with Gasteiger partial charge >= 0.3 is 0 Å². The number of hydrogen-bond acceptors (Lipinski definition) is 6. The van der Waals surface area contributed by atoms with E-state index in [0.29, 0.717) is 47.4 Å². The smallest absolute Gasteiger partial charge is 0.290 e. The van der Waals surface area contributed by atoms with Crippen molar-refractivity contribution < 1.29 is 19.1 Å². The van der Waals surface area contributed by atoms with Gasteiger partial charge in [0.1, 0.15) is 5.76 Å². The molecular weight excluding hydrogens is 420 g/mol. The van der Waals surface area contributed by atoms with Crippen LogP contribution < -0.4 is 4.74 Å². The minimum absolute atomic E-state index is 0.0698. The number of rotatable bonds is 5. The van der Waals surface area contributed by atoms with Crippen molar-refractivity contribution in [2.24, 2.45) is 0 Å². The first kappa shape index (κ1) is 20.1. The highest BCUT2D eigenvalue weighted by atomic mass is 35.5. The topological polar surface area (TPSA) is 93.6 Å². The number of carbonyl (C=O) groups is 1. The molecule has 0 saturated carbocycles. The molecule has 9 heteroatoms. The van der Waals surface area contributed by atoms with E-state index in [4.69, 9.17) is 20.8 Å². The van der Waals surface area contributed by atoms with Crippen LogP contribution in [-0.2, 0) is 12.1 Å². The number of furan rings is 1. The van der Waals surface area contributed by atoms with E-state index in [1.165, 1.54) is 0 Å². The summed E-state index contributed by atoms with van der Waals surface area (Å²) in [5.74, 6) is 1.22. The molecule has 2 bridgehead atoms. The van der Waals surface area contributed by atoms with Crippen molar-refractivity contribution in [2.45, 2.75) is 49.9 Å². The minimum atomic E-state index is -1.07. The number of nitrogens with zero attached hydrogens (tertiary/aromatic N) is 4. The molecule has 2 atom stereocenters. The molecule has 1 amide bonds. The van der Waals surface area contributed by atoms with Gasteiger partial charge in [-0.25, -0.2) is 4.98 Å². The first-order valence-electron chi connectivity index (χ1n) is 10.3. The molecule has 0 aromatic carbocycles. The molecule has 2 fully saturated rings. The average Bonchev–Trinajstić information content (AvgIpc) is 3.46. The molecule has 0 aliphatic carbocycles. The molecule has 31 heavy (non-hydrogen) atoms. The molecule has 5 heterocycles. The number of hydrogen-bond donors (Lipinski definition) is 1. The molecule has 5 rings (SSSR count). The standard InChI is InChI=1S/C22H23ClN4O4/c1-30-20-18(3-2-8-24-20)22(29)9-15-4-5-16(10-22)27(15)21(28)19-7-6-17(31-19)13-26-12-14(23)11-25-26/h2-3,6-8,11-12,15-16,29H,4-5,9-10,13H2,1H3. The Kier molecular flexibility index (Phi) is 4.98. The van der Waals surface area contributed by atoms with Crippen molar-refractivity contribution in [3.05, 3.63) is 65.0 Å². The molecule has 3 aromatic rings. The molecule has 8 nitrogen and oxygen atoms in total. The van der Waals surface area contributed by atoms with Crippen molar-refractivity contribution in [2.75, 3.05) is 7.11 Å².